The fraction of sp³-hybridized carbons (Fsp3) is 0.462. The highest BCUT2D eigenvalue weighted by atomic mass is 19.2. The fourth-order valence-electron chi connectivity index (χ4n) is 1.89. The van der Waals surface area contributed by atoms with Crippen molar-refractivity contribution < 1.29 is 18.7 Å². The second-order valence-corrected chi connectivity index (χ2v) is 4.44. The second kappa shape index (κ2) is 6.44. The van der Waals surface area contributed by atoms with Gasteiger partial charge in [0, 0.05) is 12.5 Å². The van der Waals surface area contributed by atoms with Crippen molar-refractivity contribution in [3.8, 4) is 0 Å². The third-order valence-electron chi connectivity index (χ3n) is 2.82. The number of nitrogens with zero attached hydrogens (tertiary/aromatic N) is 1. The second-order valence-electron chi connectivity index (χ2n) is 4.44. The van der Waals surface area contributed by atoms with Crippen LogP contribution in [-0.4, -0.2) is 30.1 Å². The summed E-state index contributed by atoms with van der Waals surface area (Å²) in [5.74, 6) is -2.60. The van der Waals surface area contributed by atoms with E-state index in [-0.39, 0.29) is 12.5 Å². The van der Waals surface area contributed by atoms with Gasteiger partial charge in [-0.2, -0.15) is 0 Å². The summed E-state index contributed by atoms with van der Waals surface area (Å²) in [6.07, 6.45) is 1.16. The van der Waals surface area contributed by atoms with Gasteiger partial charge in [-0.3, -0.25) is 4.79 Å². The number of hydrogen-bond acceptors (Lipinski definition) is 2. The molecular weight excluding hydrogens is 240 g/mol. The molecule has 0 spiro atoms. The van der Waals surface area contributed by atoms with Crippen molar-refractivity contribution in [1.29, 1.82) is 0 Å². The summed E-state index contributed by atoms with van der Waals surface area (Å²) in [4.78, 5) is 12.3. The third kappa shape index (κ3) is 4.07. The van der Waals surface area contributed by atoms with Gasteiger partial charge in [-0.15, -0.1) is 0 Å². The summed E-state index contributed by atoms with van der Waals surface area (Å²) in [5.41, 5.74) is 0.657. The van der Waals surface area contributed by atoms with Gasteiger partial charge >= 0.3 is 5.97 Å². The maximum Gasteiger partial charge on any atom is 0.303 e. The number of aliphatic carboxylic acids is 1. The lowest BCUT2D eigenvalue weighted by Crippen LogP contribution is -2.20. The lowest BCUT2D eigenvalue weighted by atomic mass is 10.00. The molecule has 100 valence electrons. The van der Waals surface area contributed by atoms with Gasteiger partial charge in [0.1, 0.15) is 0 Å². The Kier molecular flexibility index (Phi) is 5.22. The number of carbonyl (C=O) groups is 1. The zero-order valence-corrected chi connectivity index (χ0v) is 10.5. The Hall–Kier alpha value is -1.49. The number of benzene rings is 1. The maximum absolute atomic E-state index is 13.2. The normalized spacial score (nSPS) is 12.7. The topological polar surface area (TPSA) is 40.5 Å². The molecule has 1 rings (SSSR count). The lowest BCUT2D eigenvalue weighted by Gasteiger charge is -2.24. The van der Waals surface area contributed by atoms with E-state index in [1.165, 1.54) is 12.1 Å². The summed E-state index contributed by atoms with van der Waals surface area (Å²) in [6, 6.07) is 3.68. The minimum Gasteiger partial charge on any atom is -0.481 e. The van der Waals surface area contributed by atoms with E-state index in [1.54, 1.807) is 0 Å². The highest BCUT2D eigenvalue weighted by molar-refractivity contribution is 5.66. The molecule has 0 heterocycles. The molecule has 1 N–H and O–H groups in total. The Morgan fingerprint density at radius 3 is 2.50 bits per heavy atom. The molecule has 0 aliphatic rings. The molecule has 0 radical (unpaired) electrons. The summed E-state index contributed by atoms with van der Waals surface area (Å²) in [7, 11) is 3.65. The predicted molar refractivity (Wildman–Crippen MR) is 64.3 cm³/mol. The van der Waals surface area contributed by atoms with Gasteiger partial charge in [-0.1, -0.05) is 6.07 Å². The SMILES string of the molecule is CN(C)C(CCCC(=O)O)c1ccc(F)c(F)c1. The smallest absolute Gasteiger partial charge is 0.303 e. The predicted octanol–water partition coefficient (Wildman–Crippen LogP) is 2.82. The Labute approximate surface area is 105 Å². The van der Waals surface area contributed by atoms with Crippen molar-refractivity contribution in [2.75, 3.05) is 14.1 Å². The highest BCUT2D eigenvalue weighted by Crippen LogP contribution is 2.25. The van der Waals surface area contributed by atoms with E-state index in [1.807, 2.05) is 19.0 Å². The van der Waals surface area contributed by atoms with Crippen molar-refractivity contribution in [3.63, 3.8) is 0 Å². The molecule has 0 aromatic heterocycles. The Morgan fingerprint density at radius 1 is 1.33 bits per heavy atom. The van der Waals surface area contributed by atoms with Crippen LogP contribution in [0.1, 0.15) is 30.9 Å². The van der Waals surface area contributed by atoms with Gasteiger partial charge < -0.3 is 10.0 Å². The average Bonchev–Trinajstić information content (AvgIpc) is 2.27. The Morgan fingerprint density at radius 2 is 2.00 bits per heavy atom. The zero-order chi connectivity index (χ0) is 13.7. The minimum atomic E-state index is -0.877. The van der Waals surface area contributed by atoms with Gasteiger partial charge in [0.15, 0.2) is 11.6 Å². The van der Waals surface area contributed by atoms with E-state index >= 15 is 0 Å². The molecule has 1 atom stereocenters. The van der Waals surface area contributed by atoms with E-state index in [0.717, 1.165) is 6.07 Å². The van der Waals surface area contributed by atoms with E-state index in [0.29, 0.717) is 18.4 Å². The molecule has 0 aliphatic heterocycles. The first-order valence-electron chi connectivity index (χ1n) is 5.75. The van der Waals surface area contributed by atoms with Crippen LogP contribution in [0.3, 0.4) is 0 Å². The number of rotatable bonds is 6. The van der Waals surface area contributed by atoms with E-state index in [2.05, 4.69) is 0 Å². The first-order chi connectivity index (χ1) is 8.41. The van der Waals surface area contributed by atoms with Crippen LogP contribution in [0.4, 0.5) is 8.78 Å². The van der Waals surface area contributed by atoms with Gasteiger partial charge in [0.25, 0.3) is 0 Å². The van der Waals surface area contributed by atoms with Crippen molar-refractivity contribution in [2.45, 2.75) is 25.3 Å². The Balaban J connectivity index is 2.77. The molecule has 3 nitrogen and oxygen atoms in total. The van der Waals surface area contributed by atoms with Crippen LogP contribution in [-0.2, 0) is 4.79 Å². The molecule has 0 fully saturated rings. The molecule has 0 aliphatic carbocycles. The molecule has 1 aromatic carbocycles. The highest BCUT2D eigenvalue weighted by Gasteiger charge is 2.16. The minimum absolute atomic E-state index is 0.0774. The molecule has 5 heteroatoms. The molecule has 0 saturated carbocycles. The number of hydrogen-bond donors (Lipinski definition) is 1. The zero-order valence-electron chi connectivity index (χ0n) is 10.5. The van der Waals surface area contributed by atoms with Crippen molar-refractivity contribution >= 4 is 5.97 Å². The molecule has 0 bridgehead atoms. The lowest BCUT2D eigenvalue weighted by molar-refractivity contribution is -0.137. The summed E-state index contributed by atoms with van der Waals surface area (Å²) >= 11 is 0. The molecular formula is C13H17F2NO2. The standard InChI is InChI=1S/C13H17F2NO2/c1-16(2)12(4-3-5-13(17)18)9-6-7-10(14)11(15)8-9/h6-8,12H,3-5H2,1-2H3,(H,17,18). The first kappa shape index (κ1) is 14.6. The molecule has 0 amide bonds. The molecule has 0 saturated heterocycles. The fourth-order valence-corrected chi connectivity index (χ4v) is 1.89. The number of carboxylic acid groups (broad SMARTS) is 1. The average molecular weight is 257 g/mol. The maximum atomic E-state index is 13.2. The van der Waals surface area contributed by atoms with Gasteiger partial charge in [0.2, 0.25) is 0 Å². The summed E-state index contributed by atoms with van der Waals surface area (Å²) in [6.45, 7) is 0. The molecule has 1 aromatic rings. The van der Waals surface area contributed by atoms with E-state index in [9.17, 15) is 13.6 Å². The van der Waals surface area contributed by atoms with E-state index in [4.69, 9.17) is 5.11 Å². The molecule has 18 heavy (non-hydrogen) atoms. The summed E-state index contributed by atoms with van der Waals surface area (Å²) in [5, 5.41) is 8.59. The van der Waals surface area contributed by atoms with Gasteiger partial charge in [-0.05, 0) is 44.6 Å². The Bertz CT molecular complexity index is 421. The first-order valence-corrected chi connectivity index (χ1v) is 5.75. The number of halogens is 2. The third-order valence-corrected chi connectivity index (χ3v) is 2.82. The molecule has 1 unspecified atom stereocenters. The van der Waals surface area contributed by atoms with Crippen molar-refractivity contribution in [1.82, 2.24) is 4.90 Å². The number of carboxylic acids is 1. The van der Waals surface area contributed by atoms with Crippen molar-refractivity contribution in [2.24, 2.45) is 0 Å². The monoisotopic (exact) mass is 257 g/mol. The largest absolute Gasteiger partial charge is 0.481 e. The van der Waals surface area contributed by atoms with Crippen LogP contribution in [0.15, 0.2) is 18.2 Å². The quantitative estimate of drug-likeness (QED) is 0.852. The van der Waals surface area contributed by atoms with Crippen molar-refractivity contribution in [3.05, 3.63) is 35.4 Å². The van der Waals surface area contributed by atoms with Crippen LogP contribution in [0, 0.1) is 11.6 Å². The van der Waals surface area contributed by atoms with E-state index < -0.39 is 17.6 Å². The van der Waals surface area contributed by atoms with Crippen LogP contribution in [0.25, 0.3) is 0 Å². The van der Waals surface area contributed by atoms with Crippen LogP contribution >= 0.6 is 0 Å². The van der Waals surface area contributed by atoms with Crippen LogP contribution in [0.2, 0.25) is 0 Å². The summed E-state index contributed by atoms with van der Waals surface area (Å²) < 4.78 is 26.0. The van der Waals surface area contributed by atoms with Gasteiger partial charge in [-0.25, -0.2) is 8.78 Å². The van der Waals surface area contributed by atoms with Gasteiger partial charge in [0.05, 0.1) is 0 Å². The van der Waals surface area contributed by atoms with Crippen LogP contribution < -0.4 is 0 Å². The van der Waals surface area contributed by atoms with Crippen LogP contribution in [0.5, 0.6) is 0 Å².